The van der Waals surface area contributed by atoms with Gasteiger partial charge in [-0.3, -0.25) is 0 Å². The van der Waals surface area contributed by atoms with E-state index in [1.54, 1.807) is 20.1 Å². The third kappa shape index (κ3) is 4.32. The number of hydrogen-bond donors (Lipinski definition) is 0. The molecular formula is C28H37NS4Si. The molecule has 5 rings (SSSR count). The zero-order valence-electron chi connectivity index (χ0n) is 21.3. The van der Waals surface area contributed by atoms with Gasteiger partial charge in [0.05, 0.1) is 14.6 Å². The van der Waals surface area contributed by atoms with Gasteiger partial charge >= 0.3 is 0 Å². The Balaban J connectivity index is 1.60. The first-order chi connectivity index (χ1) is 16.5. The van der Waals surface area contributed by atoms with Gasteiger partial charge in [0.25, 0.3) is 0 Å². The Morgan fingerprint density at radius 3 is 2.03 bits per heavy atom. The van der Waals surface area contributed by atoms with Crippen LogP contribution in [0.3, 0.4) is 0 Å². The molecular weight excluding hydrogens is 507 g/mol. The molecule has 34 heavy (non-hydrogen) atoms. The zero-order valence-corrected chi connectivity index (χ0v) is 25.6. The topological polar surface area (TPSA) is 12.9 Å². The van der Waals surface area contributed by atoms with Crippen LogP contribution < -0.4 is 10.4 Å². The number of hydrogen-bond acceptors (Lipinski definition) is 5. The normalized spacial score (nSPS) is 14.3. The van der Waals surface area contributed by atoms with Gasteiger partial charge in [-0.15, -0.1) is 45.3 Å². The molecule has 0 aliphatic carbocycles. The molecule has 0 bridgehead atoms. The summed E-state index contributed by atoms with van der Waals surface area (Å²) in [6, 6.07) is 8.16. The summed E-state index contributed by atoms with van der Waals surface area (Å²) in [5.74, 6) is 0. The lowest BCUT2D eigenvalue weighted by molar-refractivity contribution is 0.684. The quantitative estimate of drug-likeness (QED) is 0.135. The van der Waals surface area contributed by atoms with Crippen LogP contribution in [0.5, 0.6) is 0 Å². The maximum absolute atomic E-state index is 4.97. The molecule has 0 unspecified atom stereocenters. The Labute approximate surface area is 222 Å². The molecule has 1 nitrogen and oxygen atoms in total. The number of aromatic nitrogens is 1. The van der Waals surface area contributed by atoms with Crippen molar-refractivity contribution in [2.75, 3.05) is 0 Å². The van der Waals surface area contributed by atoms with E-state index in [1.165, 1.54) is 98.2 Å². The summed E-state index contributed by atoms with van der Waals surface area (Å²) >= 11 is 7.97. The Kier molecular flexibility index (Phi) is 7.53. The molecule has 1 aliphatic rings. The van der Waals surface area contributed by atoms with Crippen molar-refractivity contribution in [2.24, 2.45) is 0 Å². The summed E-state index contributed by atoms with van der Waals surface area (Å²) in [6.07, 6.45) is 11.0. The lowest BCUT2D eigenvalue weighted by Crippen LogP contribution is -2.54. The summed E-state index contributed by atoms with van der Waals surface area (Å²) in [7, 11) is -1.71. The molecule has 4 aromatic rings. The minimum absolute atomic E-state index is 1.19. The maximum atomic E-state index is 4.97. The van der Waals surface area contributed by atoms with Crippen LogP contribution in [0.25, 0.3) is 29.7 Å². The number of thiazole rings is 1. The summed E-state index contributed by atoms with van der Waals surface area (Å²) < 4.78 is 1.40. The Morgan fingerprint density at radius 1 is 0.706 bits per heavy atom. The number of thiophene rings is 3. The molecule has 0 N–H and O–H groups in total. The number of aryl methyl sites for hydroxylation is 3. The fraction of sp³-hybridized carbons (Fsp3) is 0.536. The van der Waals surface area contributed by atoms with E-state index >= 15 is 0 Å². The smallest absolute Gasteiger partial charge is 0.122 e. The molecule has 0 spiro atoms. The van der Waals surface area contributed by atoms with Crippen molar-refractivity contribution in [3.05, 3.63) is 26.9 Å². The Morgan fingerprint density at radius 2 is 1.35 bits per heavy atom. The largest absolute Gasteiger partial charge is 0.240 e. The highest BCUT2D eigenvalue weighted by Gasteiger charge is 2.47. The van der Waals surface area contributed by atoms with Crippen molar-refractivity contribution in [1.29, 1.82) is 0 Å². The second kappa shape index (κ2) is 10.3. The standard InChI is InChI=1S/C28H37NS4Si/c1-6-8-10-12-14-34(15-13-11-9-7-2)22-16-18(3)30-27(22)28-23(34)17-21(33-28)26-24-25(19(4)31-26)32-20(5)29-24/h16-17H,6-15H2,1-5H3. The van der Waals surface area contributed by atoms with Gasteiger partial charge in [0.2, 0.25) is 0 Å². The lowest BCUT2D eigenvalue weighted by Gasteiger charge is -2.29. The average molecular weight is 544 g/mol. The van der Waals surface area contributed by atoms with E-state index in [0.717, 1.165) is 0 Å². The molecule has 6 heteroatoms. The third-order valence-electron chi connectivity index (χ3n) is 7.49. The first-order valence-corrected chi connectivity index (χ1v) is 18.8. The molecule has 1 aliphatic heterocycles. The van der Waals surface area contributed by atoms with E-state index < -0.39 is 8.07 Å². The molecule has 0 saturated heterocycles. The first kappa shape index (κ1) is 24.9. The summed E-state index contributed by atoms with van der Waals surface area (Å²) in [5, 5.41) is 4.78. The van der Waals surface area contributed by atoms with Crippen molar-refractivity contribution in [2.45, 2.75) is 98.1 Å². The highest BCUT2D eigenvalue weighted by Crippen LogP contribution is 2.48. The van der Waals surface area contributed by atoms with E-state index in [1.807, 2.05) is 22.7 Å². The first-order valence-electron chi connectivity index (χ1n) is 13.1. The van der Waals surface area contributed by atoms with Gasteiger partial charge in [0, 0.05) is 24.4 Å². The van der Waals surface area contributed by atoms with E-state index in [2.05, 4.69) is 69.4 Å². The van der Waals surface area contributed by atoms with Crippen molar-refractivity contribution in [3.8, 4) is 19.5 Å². The Hall–Kier alpha value is -0.793. The zero-order chi connectivity index (χ0) is 23.9. The third-order valence-corrected chi connectivity index (χ3v) is 18.0. The van der Waals surface area contributed by atoms with Crippen molar-refractivity contribution in [3.63, 3.8) is 0 Å². The summed E-state index contributed by atoms with van der Waals surface area (Å²) in [6.45, 7) is 11.4. The van der Waals surface area contributed by atoms with Crippen LogP contribution in [0.4, 0.5) is 0 Å². The number of unbranched alkanes of at least 4 members (excludes halogenated alkanes) is 6. The molecule has 0 aromatic carbocycles. The van der Waals surface area contributed by atoms with Crippen LogP contribution in [0.2, 0.25) is 12.1 Å². The summed E-state index contributed by atoms with van der Waals surface area (Å²) in [5.41, 5.74) is 1.26. The maximum Gasteiger partial charge on any atom is 0.122 e. The van der Waals surface area contributed by atoms with E-state index in [4.69, 9.17) is 4.98 Å². The molecule has 182 valence electrons. The van der Waals surface area contributed by atoms with Gasteiger partial charge in [0.1, 0.15) is 13.6 Å². The highest BCUT2D eigenvalue weighted by atomic mass is 32.1. The number of fused-ring (bicyclic) bond motifs is 4. The second-order valence-corrected chi connectivity index (χ2v) is 19.0. The molecule has 0 atom stereocenters. The van der Waals surface area contributed by atoms with Crippen LogP contribution in [0, 0.1) is 20.8 Å². The molecule has 0 radical (unpaired) electrons. The van der Waals surface area contributed by atoms with Crippen LogP contribution in [0.15, 0.2) is 12.1 Å². The van der Waals surface area contributed by atoms with Gasteiger partial charge < -0.3 is 0 Å². The molecule has 0 amide bonds. The average Bonchev–Trinajstić information content (AvgIpc) is 3.59. The van der Waals surface area contributed by atoms with Gasteiger partial charge in [-0.2, -0.15) is 0 Å². The molecule has 0 fully saturated rings. The van der Waals surface area contributed by atoms with Crippen molar-refractivity contribution in [1.82, 2.24) is 4.98 Å². The summed E-state index contributed by atoms with van der Waals surface area (Å²) in [4.78, 5) is 14.1. The van der Waals surface area contributed by atoms with Crippen molar-refractivity contribution >= 4 is 74.0 Å². The van der Waals surface area contributed by atoms with Crippen molar-refractivity contribution < 1.29 is 0 Å². The van der Waals surface area contributed by atoms with Gasteiger partial charge in [-0.25, -0.2) is 4.98 Å². The number of nitrogens with zero attached hydrogens (tertiary/aromatic N) is 1. The second-order valence-electron chi connectivity index (χ2n) is 10.1. The van der Waals surface area contributed by atoms with Crippen LogP contribution in [-0.2, 0) is 0 Å². The predicted octanol–water partition coefficient (Wildman–Crippen LogP) is 9.78. The minimum atomic E-state index is -1.71. The predicted molar refractivity (Wildman–Crippen MR) is 161 cm³/mol. The van der Waals surface area contributed by atoms with Gasteiger partial charge in [-0.1, -0.05) is 65.2 Å². The lowest BCUT2D eigenvalue weighted by atomic mass is 10.2. The molecule has 0 saturated carbocycles. The van der Waals surface area contributed by atoms with Crippen LogP contribution >= 0.6 is 45.3 Å². The van der Waals surface area contributed by atoms with Gasteiger partial charge in [-0.05, 0) is 55.4 Å². The molecule has 4 aromatic heterocycles. The monoisotopic (exact) mass is 543 g/mol. The van der Waals surface area contributed by atoms with E-state index in [-0.39, 0.29) is 0 Å². The fourth-order valence-electron chi connectivity index (χ4n) is 5.82. The SMILES string of the molecule is CCCCCC[Si]1(CCCCCC)c2cc(C)sc2-c2sc(-c3sc(C)c4sc(C)nc34)cc21. The van der Waals surface area contributed by atoms with E-state index in [0.29, 0.717) is 0 Å². The molecule has 5 heterocycles. The van der Waals surface area contributed by atoms with E-state index in [9.17, 15) is 0 Å². The Bertz CT molecular complexity index is 1280. The minimum Gasteiger partial charge on any atom is -0.240 e. The fourth-order valence-corrected chi connectivity index (χ4v) is 17.4. The van der Waals surface area contributed by atoms with Gasteiger partial charge in [0.15, 0.2) is 0 Å². The van der Waals surface area contributed by atoms with Crippen LogP contribution in [0.1, 0.15) is 80.0 Å². The van der Waals surface area contributed by atoms with Crippen LogP contribution in [-0.4, -0.2) is 13.1 Å². The highest BCUT2D eigenvalue weighted by molar-refractivity contribution is 7.33. The number of rotatable bonds is 11.